The Labute approximate surface area is 153 Å². The summed E-state index contributed by atoms with van der Waals surface area (Å²) in [6, 6.07) is 5.91. The van der Waals surface area contributed by atoms with Crippen molar-refractivity contribution in [3.63, 3.8) is 0 Å². The summed E-state index contributed by atoms with van der Waals surface area (Å²) in [6.45, 7) is 3.96. The summed E-state index contributed by atoms with van der Waals surface area (Å²) >= 11 is 6.36. The maximum Gasteiger partial charge on any atom is 0.160 e. The van der Waals surface area contributed by atoms with Crippen LogP contribution in [0.2, 0.25) is 5.02 Å². The van der Waals surface area contributed by atoms with E-state index in [1.807, 2.05) is 30.8 Å². The summed E-state index contributed by atoms with van der Waals surface area (Å²) < 4.78 is 1.82. The van der Waals surface area contributed by atoms with Gasteiger partial charge < -0.3 is 10.2 Å². The molecular formula is C17H23Cl2N5. The fourth-order valence-corrected chi connectivity index (χ4v) is 3.15. The first-order valence-corrected chi connectivity index (χ1v) is 8.17. The summed E-state index contributed by atoms with van der Waals surface area (Å²) in [5, 5.41) is 10.9. The molecule has 0 amide bonds. The summed E-state index contributed by atoms with van der Waals surface area (Å²) in [7, 11) is 6.09. The van der Waals surface area contributed by atoms with Gasteiger partial charge in [-0.25, -0.2) is 4.98 Å². The topological polar surface area (TPSA) is 46.0 Å². The molecule has 0 unspecified atom stereocenters. The molecular weight excluding hydrogens is 345 g/mol. The van der Waals surface area contributed by atoms with E-state index in [9.17, 15) is 0 Å². The highest BCUT2D eigenvalue weighted by molar-refractivity contribution is 6.35. The molecule has 0 fully saturated rings. The lowest BCUT2D eigenvalue weighted by Gasteiger charge is -2.14. The molecule has 0 saturated carbocycles. The fraction of sp³-hybridized carbons (Fsp3) is 0.412. The molecule has 0 aliphatic carbocycles. The number of fused-ring (bicyclic) bond motifs is 2. The number of aromatic nitrogens is 3. The van der Waals surface area contributed by atoms with E-state index in [0.29, 0.717) is 5.02 Å². The Morgan fingerprint density at radius 1 is 1.29 bits per heavy atom. The van der Waals surface area contributed by atoms with Gasteiger partial charge in [0, 0.05) is 19.0 Å². The third-order valence-corrected chi connectivity index (χ3v) is 4.30. The van der Waals surface area contributed by atoms with E-state index in [1.54, 1.807) is 0 Å². The van der Waals surface area contributed by atoms with E-state index in [2.05, 4.69) is 35.5 Å². The summed E-state index contributed by atoms with van der Waals surface area (Å²) in [6.07, 6.45) is 1.07. The third-order valence-electron chi connectivity index (χ3n) is 4.00. The van der Waals surface area contributed by atoms with Gasteiger partial charge in [-0.05, 0) is 40.1 Å². The monoisotopic (exact) mass is 367 g/mol. The molecule has 7 heteroatoms. The number of para-hydroxylation sites is 1. The minimum absolute atomic E-state index is 0. The van der Waals surface area contributed by atoms with Gasteiger partial charge in [-0.2, -0.15) is 5.10 Å². The van der Waals surface area contributed by atoms with E-state index < -0.39 is 0 Å². The predicted octanol–water partition coefficient (Wildman–Crippen LogP) is 3.87. The van der Waals surface area contributed by atoms with Crippen molar-refractivity contribution in [2.75, 3.05) is 32.5 Å². The Kier molecular flexibility index (Phi) is 5.91. The van der Waals surface area contributed by atoms with Crippen molar-refractivity contribution in [1.29, 1.82) is 0 Å². The second-order valence-corrected chi connectivity index (χ2v) is 6.52. The number of nitrogens with zero attached hydrogens (tertiary/aromatic N) is 4. The number of hydrogen-bond acceptors (Lipinski definition) is 4. The minimum atomic E-state index is 0. The van der Waals surface area contributed by atoms with Gasteiger partial charge in [0.05, 0.1) is 27.3 Å². The number of pyridine rings is 1. The summed E-state index contributed by atoms with van der Waals surface area (Å²) in [5.41, 5.74) is 3.74. The van der Waals surface area contributed by atoms with Crippen LogP contribution in [0.4, 0.5) is 5.69 Å². The van der Waals surface area contributed by atoms with Gasteiger partial charge in [-0.3, -0.25) is 4.68 Å². The number of halogens is 2. The first kappa shape index (κ1) is 18.8. The second-order valence-electron chi connectivity index (χ2n) is 6.11. The standard InChI is InChI=1S/C17H22ClN5.ClH/c1-11-14-16(19-9-6-10-22(2)3)12-7-5-8-13(18)15(12)20-17(14)23(4)21-11;/h5,7-8H,6,9-10H2,1-4H3,(H,19,20);1H. The lowest BCUT2D eigenvalue weighted by molar-refractivity contribution is 0.405. The van der Waals surface area contributed by atoms with Crippen LogP contribution in [0.1, 0.15) is 12.1 Å². The molecule has 2 aromatic heterocycles. The van der Waals surface area contributed by atoms with Crippen molar-refractivity contribution < 1.29 is 0 Å². The molecule has 130 valence electrons. The Hall–Kier alpha value is -1.56. The van der Waals surface area contributed by atoms with Crippen LogP contribution in [-0.2, 0) is 7.05 Å². The maximum atomic E-state index is 6.36. The van der Waals surface area contributed by atoms with Crippen molar-refractivity contribution in [3.05, 3.63) is 28.9 Å². The Balaban J connectivity index is 0.00000208. The molecule has 0 atom stereocenters. The van der Waals surface area contributed by atoms with Crippen LogP contribution in [0.15, 0.2) is 18.2 Å². The molecule has 0 aliphatic rings. The summed E-state index contributed by atoms with van der Waals surface area (Å²) in [4.78, 5) is 6.92. The van der Waals surface area contributed by atoms with Crippen LogP contribution in [0, 0.1) is 6.92 Å². The van der Waals surface area contributed by atoms with Crippen molar-refractivity contribution >= 4 is 51.6 Å². The first-order valence-electron chi connectivity index (χ1n) is 7.79. The normalized spacial score (nSPS) is 11.2. The Bertz CT molecular complexity index is 857. The Morgan fingerprint density at radius 2 is 2.04 bits per heavy atom. The molecule has 0 saturated heterocycles. The molecule has 0 spiro atoms. The largest absolute Gasteiger partial charge is 0.384 e. The number of hydrogen-bond donors (Lipinski definition) is 1. The highest BCUT2D eigenvalue weighted by Gasteiger charge is 2.16. The average molecular weight is 368 g/mol. The predicted molar refractivity (Wildman–Crippen MR) is 105 cm³/mol. The number of benzene rings is 1. The molecule has 0 aliphatic heterocycles. The summed E-state index contributed by atoms with van der Waals surface area (Å²) in [5.74, 6) is 0. The highest BCUT2D eigenvalue weighted by Crippen LogP contribution is 2.35. The zero-order valence-corrected chi connectivity index (χ0v) is 16.0. The van der Waals surface area contributed by atoms with E-state index in [-0.39, 0.29) is 12.4 Å². The van der Waals surface area contributed by atoms with E-state index in [0.717, 1.165) is 52.8 Å². The quantitative estimate of drug-likeness (QED) is 0.695. The van der Waals surface area contributed by atoms with Crippen LogP contribution in [-0.4, -0.2) is 46.8 Å². The van der Waals surface area contributed by atoms with Gasteiger partial charge in [-0.15, -0.1) is 12.4 Å². The third kappa shape index (κ3) is 3.43. The van der Waals surface area contributed by atoms with Gasteiger partial charge in [-0.1, -0.05) is 23.7 Å². The van der Waals surface area contributed by atoms with Crippen LogP contribution in [0.5, 0.6) is 0 Å². The molecule has 2 heterocycles. The molecule has 24 heavy (non-hydrogen) atoms. The molecule has 0 radical (unpaired) electrons. The van der Waals surface area contributed by atoms with Crippen LogP contribution >= 0.6 is 24.0 Å². The number of nitrogens with one attached hydrogen (secondary N) is 1. The lowest BCUT2D eigenvalue weighted by Crippen LogP contribution is -2.16. The van der Waals surface area contributed by atoms with Gasteiger partial charge in [0.25, 0.3) is 0 Å². The number of anilines is 1. The molecule has 3 rings (SSSR count). The molecule has 0 bridgehead atoms. The smallest absolute Gasteiger partial charge is 0.160 e. The van der Waals surface area contributed by atoms with E-state index >= 15 is 0 Å². The first-order chi connectivity index (χ1) is 11.0. The zero-order valence-electron chi connectivity index (χ0n) is 14.4. The molecule has 1 N–H and O–H groups in total. The van der Waals surface area contributed by atoms with Crippen LogP contribution in [0.3, 0.4) is 0 Å². The average Bonchev–Trinajstić information content (AvgIpc) is 2.78. The van der Waals surface area contributed by atoms with E-state index in [4.69, 9.17) is 16.6 Å². The van der Waals surface area contributed by atoms with Gasteiger partial charge in [0.1, 0.15) is 0 Å². The second kappa shape index (κ2) is 7.55. The SMILES string of the molecule is Cc1nn(C)c2nc3c(Cl)cccc3c(NCCCN(C)C)c12.Cl. The highest BCUT2D eigenvalue weighted by atomic mass is 35.5. The van der Waals surface area contributed by atoms with E-state index in [1.165, 1.54) is 0 Å². The Morgan fingerprint density at radius 3 is 2.75 bits per heavy atom. The van der Waals surface area contributed by atoms with Gasteiger partial charge in [0.15, 0.2) is 5.65 Å². The number of aryl methyl sites for hydroxylation is 2. The van der Waals surface area contributed by atoms with Crippen LogP contribution in [0.25, 0.3) is 21.9 Å². The van der Waals surface area contributed by atoms with Gasteiger partial charge in [0.2, 0.25) is 0 Å². The van der Waals surface area contributed by atoms with Gasteiger partial charge >= 0.3 is 0 Å². The zero-order chi connectivity index (χ0) is 16.6. The van der Waals surface area contributed by atoms with Crippen molar-refractivity contribution in [2.24, 2.45) is 7.05 Å². The van der Waals surface area contributed by atoms with Crippen molar-refractivity contribution in [1.82, 2.24) is 19.7 Å². The lowest BCUT2D eigenvalue weighted by atomic mass is 10.1. The fourth-order valence-electron chi connectivity index (χ4n) is 2.93. The van der Waals surface area contributed by atoms with Crippen molar-refractivity contribution in [2.45, 2.75) is 13.3 Å². The molecule has 1 aromatic carbocycles. The molecule has 3 aromatic rings. The minimum Gasteiger partial charge on any atom is -0.384 e. The maximum absolute atomic E-state index is 6.36. The van der Waals surface area contributed by atoms with Crippen LogP contribution < -0.4 is 5.32 Å². The van der Waals surface area contributed by atoms with Crippen molar-refractivity contribution in [3.8, 4) is 0 Å². The molecule has 5 nitrogen and oxygen atoms in total. The number of rotatable bonds is 5.